The maximum Gasteiger partial charge on any atom is 0.187 e. The molecule has 0 saturated heterocycles. The van der Waals surface area contributed by atoms with Gasteiger partial charge >= 0.3 is 0 Å². The third kappa shape index (κ3) is 2.51. The molecule has 0 heterocycles. The van der Waals surface area contributed by atoms with Crippen molar-refractivity contribution < 1.29 is 19.8 Å². The van der Waals surface area contributed by atoms with Gasteiger partial charge in [0.2, 0.25) is 0 Å². The molecule has 0 amide bonds. The number of hydrogen-bond acceptors (Lipinski definition) is 4. The maximum atomic E-state index is 13.1. The Morgan fingerprint density at radius 1 is 1.08 bits per heavy atom. The van der Waals surface area contributed by atoms with Crippen LogP contribution in [0.2, 0.25) is 0 Å². The van der Waals surface area contributed by atoms with Crippen molar-refractivity contribution in [1.29, 1.82) is 0 Å². The molecule has 4 heteroatoms. The molecule has 1 saturated carbocycles. The van der Waals surface area contributed by atoms with Crippen LogP contribution in [0.15, 0.2) is 23.8 Å². The zero-order chi connectivity index (χ0) is 17.9. The topological polar surface area (TPSA) is 74.6 Å². The third-order valence-electron chi connectivity index (χ3n) is 6.77. The summed E-state index contributed by atoms with van der Waals surface area (Å²) in [6.07, 6.45) is 2.95. The zero-order valence-corrected chi connectivity index (χ0v) is 14.8. The van der Waals surface area contributed by atoms with Crippen LogP contribution in [0.4, 0.5) is 0 Å². The van der Waals surface area contributed by atoms with Gasteiger partial charge in [0.25, 0.3) is 0 Å². The van der Waals surface area contributed by atoms with Crippen LogP contribution in [-0.2, 0) is 9.59 Å². The van der Waals surface area contributed by atoms with Gasteiger partial charge in [-0.2, -0.15) is 0 Å². The molecule has 2 bridgehead atoms. The number of aliphatic hydroxyl groups is 2. The van der Waals surface area contributed by atoms with Crippen molar-refractivity contribution in [2.24, 2.45) is 22.7 Å². The van der Waals surface area contributed by atoms with E-state index < -0.39 is 17.6 Å². The summed E-state index contributed by atoms with van der Waals surface area (Å²) >= 11 is 0. The summed E-state index contributed by atoms with van der Waals surface area (Å²) in [5.41, 5.74) is -0.00846. The Kier molecular flexibility index (Phi) is 4.12. The van der Waals surface area contributed by atoms with Crippen LogP contribution in [0, 0.1) is 22.7 Å². The van der Waals surface area contributed by atoms with Crippen LogP contribution in [0.25, 0.3) is 0 Å². The van der Waals surface area contributed by atoms with E-state index in [1.54, 1.807) is 6.08 Å². The normalized spacial score (nSPS) is 42.5. The van der Waals surface area contributed by atoms with E-state index in [1.165, 1.54) is 0 Å². The van der Waals surface area contributed by atoms with Gasteiger partial charge in [-0.1, -0.05) is 39.8 Å². The Morgan fingerprint density at radius 3 is 2.42 bits per heavy atom. The molecular formula is C20H28O4. The fourth-order valence-corrected chi connectivity index (χ4v) is 5.29. The lowest BCUT2D eigenvalue weighted by molar-refractivity contribution is -0.149. The fourth-order valence-electron chi connectivity index (χ4n) is 5.29. The van der Waals surface area contributed by atoms with Crippen molar-refractivity contribution in [3.05, 3.63) is 23.8 Å². The second-order valence-corrected chi connectivity index (χ2v) is 8.76. The van der Waals surface area contributed by atoms with Gasteiger partial charge in [0.05, 0.1) is 6.10 Å². The molecule has 3 rings (SSSR count). The molecule has 5 atom stereocenters. The molecule has 0 aromatic rings. The molecular weight excluding hydrogens is 304 g/mol. The lowest BCUT2D eigenvalue weighted by Gasteiger charge is -2.51. The maximum absolute atomic E-state index is 13.1. The quantitative estimate of drug-likeness (QED) is 0.669. The van der Waals surface area contributed by atoms with Crippen LogP contribution in [0.3, 0.4) is 0 Å². The molecule has 3 aliphatic carbocycles. The third-order valence-corrected chi connectivity index (χ3v) is 6.77. The van der Waals surface area contributed by atoms with Crippen molar-refractivity contribution in [3.8, 4) is 0 Å². The standard InChI is InChI=1S/C20H28O4/c1-11-12-8-13(17(11)23)14(21)10-16-19(2,3)6-5-7-20(16,4)18(24)15(22)9-12/h8,12,14-16,21-22H,1,5-7,9-10H2,2-4H3/t12-,14-,15+,16+,20+/m0/s1. The highest BCUT2D eigenvalue weighted by Gasteiger charge is 2.53. The first-order valence-electron chi connectivity index (χ1n) is 8.93. The Morgan fingerprint density at radius 2 is 1.75 bits per heavy atom. The predicted octanol–water partition coefficient (Wildman–Crippen LogP) is 2.59. The van der Waals surface area contributed by atoms with E-state index >= 15 is 0 Å². The van der Waals surface area contributed by atoms with E-state index in [0.29, 0.717) is 17.6 Å². The van der Waals surface area contributed by atoms with E-state index in [0.717, 1.165) is 19.3 Å². The highest BCUT2D eigenvalue weighted by Crippen LogP contribution is 2.55. The van der Waals surface area contributed by atoms with E-state index in [2.05, 4.69) is 20.4 Å². The first kappa shape index (κ1) is 17.6. The Bertz CT molecular complexity index is 630. The number of carbonyl (C=O) groups excluding carboxylic acids is 2. The molecule has 3 aliphatic rings. The minimum Gasteiger partial charge on any atom is -0.388 e. The summed E-state index contributed by atoms with van der Waals surface area (Å²) in [7, 11) is 0. The van der Waals surface area contributed by atoms with Crippen LogP contribution in [-0.4, -0.2) is 34.0 Å². The van der Waals surface area contributed by atoms with E-state index in [-0.39, 0.29) is 35.2 Å². The number of fused-ring (bicyclic) bond motifs is 2. The van der Waals surface area contributed by atoms with Gasteiger partial charge in [0, 0.05) is 16.9 Å². The lowest BCUT2D eigenvalue weighted by atomic mass is 9.52. The molecule has 1 fully saturated rings. The lowest BCUT2D eigenvalue weighted by Crippen LogP contribution is -2.51. The number of allylic oxidation sites excluding steroid dienone is 2. The molecule has 132 valence electrons. The predicted molar refractivity (Wildman–Crippen MR) is 91.2 cm³/mol. The number of ketones is 2. The van der Waals surface area contributed by atoms with Crippen molar-refractivity contribution in [1.82, 2.24) is 0 Å². The van der Waals surface area contributed by atoms with Gasteiger partial charge in [-0.15, -0.1) is 0 Å². The molecule has 0 radical (unpaired) electrons. The molecule has 0 spiro atoms. The minimum absolute atomic E-state index is 0.0741. The summed E-state index contributed by atoms with van der Waals surface area (Å²) in [6, 6.07) is 0. The first-order chi connectivity index (χ1) is 11.1. The smallest absolute Gasteiger partial charge is 0.187 e. The Hall–Kier alpha value is -1.26. The first-order valence-corrected chi connectivity index (χ1v) is 8.93. The molecule has 24 heavy (non-hydrogen) atoms. The zero-order valence-electron chi connectivity index (χ0n) is 14.8. The Balaban J connectivity index is 2.08. The van der Waals surface area contributed by atoms with Crippen LogP contribution >= 0.6 is 0 Å². The molecule has 4 nitrogen and oxygen atoms in total. The number of rotatable bonds is 0. The monoisotopic (exact) mass is 332 g/mol. The van der Waals surface area contributed by atoms with Gasteiger partial charge in [0.1, 0.15) is 6.10 Å². The van der Waals surface area contributed by atoms with Gasteiger partial charge in [-0.3, -0.25) is 9.59 Å². The summed E-state index contributed by atoms with van der Waals surface area (Å²) in [6.45, 7) is 10.0. The average molecular weight is 332 g/mol. The SMILES string of the molecule is C=C1C(=O)C2=C[C@H]1C[C@@H](O)C(=O)[C@]1(C)CCCC(C)(C)[C@H]1C[C@@H]2O. The van der Waals surface area contributed by atoms with E-state index in [4.69, 9.17) is 0 Å². The van der Waals surface area contributed by atoms with Crippen LogP contribution in [0.5, 0.6) is 0 Å². The van der Waals surface area contributed by atoms with Crippen molar-refractivity contribution in [3.63, 3.8) is 0 Å². The molecule has 0 aliphatic heterocycles. The number of aliphatic hydroxyl groups excluding tert-OH is 2. The highest BCUT2D eigenvalue weighted by molar-refractivity contribution is 6.11. The van der Waals surface area contributed by atoms with Gasteiger partial charge < -0.3 is 10.2 Å². The second kappa shape index (κ2) is 5.63. The van der Waals surface area contributed by atoms with Crippen molar-refractivity contribution in [2.75, 3.05) is 0 Å². The van der Waals surface area contributed by atoms with Gasteiger partial charge in [-0.25, -0.2) is 0 Å². The highest BCUT2D eigenvalue weighted by atomic mass is 16.3. The minimum atomic E-state index is -1.09. The van der Waals surface area contributed by atoms with Crippen LogP contribution < -0.4 is 0 Å². The summed E-state index contributed by atoms with van der Waals surface area (Å²) in [4.78, 5) is 25.5. The van der Waals surface area contributed by atoms with Gasteiger partial charge in [-0.05, 0) is 42.6 Å². The largest absolute Gasteiger partial charge is 0.388 e. The molecule has 0 aromatic carbocycles. The average Bonchev–Trinajstić information content (AvgIpc) is 2.77. The molecule has 2 N–H and O–H groups in total. The molecule has 0 aromatic heterocycles. The fraction of sp³-hybridized carbons (Fsp3) is 0.700. The van der Waals surface area contributed by atoms with Crippen LogP contribution in [0.1, 0.15) is 52.9 Å². The van der Waals surface area contributed by atoms with E-state index in [9.17, 15) is 19.8 Å². The second-order valence-electron chi connectivity index (χ2n) is 8.76. The number of Topliss-reactive ketones (excluding diaryl/α,β-unsaturated/α-hetero) is 2. The molecule has 0 unspecified atom stereocenters. The van der Waals surface area contributed by atoms with Crippen molar-refractivity contribution in [2.45, 2.75) is 65.1 Å². The summed E-state index contributed by atoms with van der Waals surface area (Å²) in [5, 5.41) is 21.3. The number of hydrogen-bond donors (Lipinski definition) is 2. The Labute approximate surface area is 143 Å². The number of carbonyl (C=O) groups is 2. The van der Waals surface area contributed by atoms with Gasteiger partial charge in [0.15, 0.2) is 11.6 Å². The summed E-state index contributed by atoms with van der Waals surface area (Å²) < 4.78 is 0. The summed E-state index contributed by atoms with van der Waals surface area (Å²) in [5.74, 6) is -0.784. The van der Waals surface area contributed by atoms with Crippen molar-refractivity contribution >= 4 is 11.6 Å². The van der Waals surface area contributed by atoms with E-state index in [1.807, 2.05) is 6.92 Å².